The fourth-order valence-electron chi connectivity index (χ4n) is 3.22. The number of rotatable bonds is 5. The molecule has 10 heteroatoms. The average Bonchev–Trinajstić information content (AvgIpc) is 3.37. The average molecular weight is 406 g/mol. The zero-order chi connectivity index (χ0) is 18.9. The number of aromatic nitrogens is 2. The zero-order valence-corrected chi connectivity index (χ0v) is 16.0. The van der Waals surface area contributed by atoms with Crippen LogP contribution in [0.5, 0.6) is 0 Å². The predicted octanol–water partition coefficient (Wildman–Crippen LogP) is 2.00. The monoisotopic (exact) mass is 406 g/mol. The number of piperidine rings is 1. The smallest absolute Gasteiger partial charge is 0.245 e. The first-order valence-corrected chi connectivity index (χ1v) is 10.7. The second-order valence-electron chi connectivity index (χ2n) is 6.36. The fourth-order valence-corrected chi connectivity index (χ4v) is 5.44. The van der Waals surface area contributed by atoms with Crippen LogP contribution in [0.3, 0.4) is 0 Å². The number of furan rings is 1. The molecule has 3 aromatic rings. The van der Waals surface area contributed by atoms with Crippen LogP contribution in [-0.2, 0) is 21.4 Å². The molecule has 1 amide bonds. The molecule has 1 aliphatic heterocycles. The van der Waals surface area contributed by atoms with Gasteiger partial charge in [0.1, 0.15) is 21.7 Å². The predicted molar refractivity (Wildman–Crippen MR) is 99.5 cm³/mol. The Morgan fingerprint density at radius 1 is 1.22 bits per heavy atom. The first-order valence-electron chi connectivity index (χ1n) is 8.57. The highest BCUT2D eigenvalue weighted by Crippen LogP contribution is 2.28. The molecule has 142 valence electrons. The maximum atomic E-state index is 13.0. The van der Waals surface area contributed by atoms with E-state index in [2.05, 4.69) is 14.1 Å². The third kappa shape index (κ3) is 3.60. The Kier molecular flexibility index (Phi) is 4.94. The molecule has 0 aliphatic carbocycles. The quantitative estimate of drug-likeness (QED) is 0.695. The van der Waals surface area contributed by atoms with E-state index in [1.54, 1.807) is 36.6 Å². The second-order valence-corrected chi connectivity index (χ2v) is 8.80. The zero-order valence-electron chi connectivity index (χ0n) is 14.4. The van der Waals surface area contributed by atoms with E-state index in [-0.39, 0.29) is 16.7 Å². The number of amides is 1. The molecule has 0 bridgehead atoms. The largest absolute Gasteiger partial charge is 0.467 e. The van der Waals surface area contributed by atoms with Gasteiger partial charge in [-0.15, -0.1) is 0 Å². The number of hydrogen-bond donors (Lipinski definition) is 1. The van der Waals surface area contributed by atoms with Crippen molar-refractivity contribution in [3.05, 3.63) is 42.4 Å². The van der Waals surface area contributed by atoms with E-state index in [4.69, 9.17) is 4.42 Å². The van der Waals surface area contributed by atoms with Crippen molar-refractivity contribution < 1.29 is 17.6 Å². The molecule has 0 spiro atoms. The highest BCUT2D eigenvalue weighted by Gasteiger charge is 2.33. The molecular formula is C17H18N4O4S2. The van der Waals surface area contributed by atoms with Gasteiger partial charge in [0.15, 0.2) is 0 Å². The summed E-state index contributed by atoms with van der Waals surface area (Å²) in [6.07, 6.45) is 2.52. The number of nitrogens with one attached hydrogen (secondary N) is 1. The topological polar surface area (TPSA) is 105 Å². The molecule has 8 nitrogen and oxygen atoms in total. The highest BCUT2D eigenvalue weighted by atomic mass is 32.2. The molecule has 2 aromatic heterocycles. The van der Waals surface area contributed by atoms with Crippen LogP contribution in [0.25, 0.3) is 11.0 Å². The molecule has 3 heterocycles. The first kappa shape index (κ1) is 18.1. The minimum atomic E-state index is -3.66. The Bertz CT molecular complexity index is 1040. The van der Waals surface area contributed by atoms with E-state index in [0.717, 1.165) is 11.7 Å². The van der Waals surface area contributed by atoms with E-state index in [1.807, 2.05) is 0 Å². The Balaban J connectivity index is 1.41. The number of carbonyl (C=O) groups excluding carboxylic acids is 1. The highest BCUT2D eigenvalue weighted by molar-refractivity contribution is 7.89. The van der Waals surface area contributed by atoms with Gasteiger partial charge in [-0.1, -0.05) is 6.07 Å². The van der Waals surface area contributed by atoms with Crippen LogP contribution >= 0.6 is 11.7 Å². The molecule has 4 rings (SSSR count). The standard InChI is InChI=1S/C17H18N4O4S2/c22-17(18-11-13-3-2-10-25-13)12-6-8-21(9-7-12)27(23,24)15-5-1-4-14-16(15)20-26-19-14/h1-5,10,12H,6-9,11H2,(H,18,22). The SMILES string of the molecule is O=C(NCc1ccco1)C1CCN(S(=O)(=O)c2cccc3nsnc23)CC1. The molecule has 1 aliphatic rings. The Morgan fingerprint density at radius 2 is 2.04 bits per heavy atom. The summed E-state index contributed by atoms with van der Waals surface area (Å²) in [4.78, 5) is 12.5. The summed E-state index contributed by atoms with van der Waals surface area (Å²) in [5.74, 6) is 0.408. The van der Waals surface area contributed by atoms with E-state index in [9.17, 15) is 13.2 Å². The maximum absolute atomic E-state index is 13.0. The lowest BCUT2D eigenvalue weighted by Crippen LogP contribution is -2.42. The van der Waals surface area contributed by atoms with Gasteiger partial charge in [-0.2, -0.15) is 13.1 Å². The number of sulfonamides is 1. The molecule has 1 N–H and O–H groups in total. The van der Waals surface area contributed by atoms with Gasteiger partial charge in [0.05, 0.1) is 24.5 Å². The summed E-state index contributed by atoms with van der Waals surface area (Å²) in [5, 5.41) is 2.84. The van der Waals surface area contributed by atoms with Gasteiger partial charge in [0, 0.05) is 19.0 Å². The van der Waals surface area contributed by atoms with E-state index in [0.29, 0.717) is 49.3 Å². The molecule has 0 atom stereocenters. The minimum absolute atomic E-state index is 0.0748. The summed E-state index contributed by atoms with van der Waals surface area (Å²) in [5.41, 5.74) is 0.981. The molecule has 0 saturated carbocycles. The van der Waals surface area contributed by atoms with Gasteiger partial charge in [-0.05, 0) is 37.1 Å². The van der Waals surface area contributed by atoms with Crippen molar-refractivity contribution in [1.82, 2.24) is 18.4 Å². The lowest BCUT2D eigenvalue weighted by atomic mass is 9.97. The number of hydrogen-bond acceptors (Lipinski definition) is 7. The van der Waals surface area contributed by atoms with Gasteiger partial charge in [-0.3, -0.25) is 4.79 Å². The fraction of sp³-hybridized carbons (Fsp3) is 0.353. The van der Waals surface area contributed by atoms with Crippen molar-refractivity contribution in [2.45, 2.75) is 24.3 Å². The summed E-state index contributed by atoms with van der Waals surface area (Å²) in [6, 6.07) is 8.53. The van der Waals surface area contributed by atoms with Crippen LogP contribution in [-0.4, -0.2) is 40.5 Å². The molecule has 0 unspecified atom stereocenters. The van der Waals surface area contributed by atoms with Gasteiger partial charge < -0.3 is 9.73 Å². The van der Waals surface area contributed by atoms with Gasteiger partial charge in [0.25, 0.3) is 0 Å². The number of benzene rings is 1. The normalized spacial score (nSPS) is 16.6. The van der Waals surface area contributed by atoms with Crippen molar-refractivity contribution in [1.29, 1.82) is 0 Å². The molecule has 1 aromatic carbocycles. The van der Waals surface area contributed by atoms with Gasteiger partial charge >= 0.3 is 0 Å². The van der Waals surface area contributed by atoms with E-state index < -0.39 is 10.0 Å². The third-order valence-corrected chi connectivity index (χ3v) is 7.18. The van der Waals surface area contributed by atoms with Crippen molar-refractivity contribution >= 4 is 38.7 Å². The molecule has 1 saturated heterocycles. The van der Waals surface area contributed by atoms with E-state index in [1.165, 1.54) is 4.31 Å². The Morgan fingerprint density at radius 3 is 2.78 bits per heavy atom. The summed E-state index contributed by atoms with van der Waals surface area (Å²) in [6.45, 7) is 0.938. The van der Waals surface area contributed by atoms with Crippen LogP contribution in [0.4, 0.5) is 0 Å². The summed E-state index contributed by atoms with van der Waals surface area (Å²) in [7, 11) is -3.66. The van der Waals surface area contributed by atoms with Crippen molar-refractivity contribution in [2.75, 3.05) is 13.1 Å². The third-order valence-electron chi connectivity index (χ3n) is 4.71. The summed E-state index contributed by atoms with van der Waals surface area (Å²) >= 11 is 0.995. The molecule has 27 heavy (non-hydrogen) atoms. The van der Waals surface area contributed by atoms with Crippen LogP contribution < -0.4 is 5.32 Å². The lowest BCUT2D eigenvalue weighted by molar-refractivity contribution is -0.126. The number of nitrogens with zero attached hydrogens (tertiary/aromatic N) is 3. The van der Waals surface area contributed by atoms with Crippen molar-refractivity contribution in [3.8, 4) is 0 Å². The van der Waals surface area contributed by atoms with Gasteiger partial charge in [-0.25, -0.2) is 8.42 Å². The van der Waals surface area contributed by atoms with Crippen LogP contribution in [0.15, 0.2) is 45.9 Å². The van der Waals surface area contributed by atoms with Crippen molar-refractivity contribution in [2.24, 2.45) is 5.92 Å². The maximum Gasteiger partial charge on any atom is 0.245 e. The first-order chi connectivity index (χ1) is 13.1. The molecule has 0 radical (unpaired) electrons. The molecule has 1 fully saturated rings. The Hall–Kier alpha value is -2.30. The summed E-state index contributed by atoms with van der Waals surface area (Å²) < 4.78 is 40.9. The second kappa shape index (κ2) is 7.37. The number of carbonyl (C=O) groups is 1. The molecular weight excluding hydrogens is 388 g/mol. The van der Waals surface area contributed by atoms with Gasteiger partial charge in [0.2, 0.25) is 15.9 Å². The van der Waals surface area contributed by atoms with Crippen LogP contribution in [0.2, 0.25) is 0 Å². The number of fused-ring (bicyclic) bond motifs is 1. The Labute approximate surface area is 160 Å². The van der Waals surface area contributed by atoms with Crippen LogP contribution in [0, 0.1) is 5.92 Å². The lowest BCUT2D eigenvalue weighted by Gasteiger charge is -2.30. The van der Waals surface area contributed by atoms with Crippen molar-refractivity contribution in [3.63, 3.8) is 0 Å². The van der Waals surface area contributed by atoms with Crippen LogP contribution in [0.1, 0.15) is 18.6 Å². The van der Waals surface area contributed by atoms with E-state index >= 15 is 0 Å². The minimum Gasteiger partial charge on any atom is -0.467 e.